The lowest BCUT2D eigenvalue weighted by molar-refractivity contribution is -0.146. The van der Waals surface area contributed by atoms with E-state index in [1.54, 1.807) is 0 Å². The number of aliphatic carboxylic acids is 1. The van der Waals surface area contributed by atoms with Crippen LogP contribution in [0.5, 0.6) is 0 Å². The zero-order valence-corrected chi connectivity index (χ0v) is 13.8. The van der Waals surface area contributed by atoms with Gasteiger partial charge in [-0.15, -0.1) is 0 Å². The number of anilines is 1. The van der Waals surface area contributed by atoms with Gasteiger partial charge in [-0.2, -0.15) is 4.31 Å². The summed E-state index contributed by atoms with van der Waals surface area (Å²) in [4.78, 5) is 22.2. The average molecular weight is 356 g/mol. The second kappa shape index (κ2) is 5.52. The van der Waals surface area contributed by atoms with Crippen molar-refractivity contribution in [2.24, 2.45) is 5.41 Å². The van der Waals surface area contributed by atoms with Crippen molar-refractivity contribution in [2.45, 2.75) is 31.1 Å². The number of sulfonamides is 1. The van der Waals surface area contributed by atoms with E-state index in [9.17, 15) is 27.5 Å². The highest BCUT2D eigenvalue weighted by Crippen LogP contribution is 2.36. The van der Waals surface area contributed by atoms with E-state index in [1.165, 1.54) is 13.0 Å². The van der Waals surface area contributed by atoms with Gasteiger partial charge in [-0.05, 0) is 37.5 Å². The van der Waals surface area contributed by atoms with Crippen molar-refractivity contribution in [1.82, 2.24) is 4.31 Å². The van der Waals surface area contributed by atoms with Gasteiger partial charge in [0.25, 0.3) is 0 Å². The maximum Gasteiger partial charge on any atom is 0.310 e. The smallest absolute Gasteiger partial charge is 0.310 e. The summed E-state index contributed by atoms with van der Waals surface area (Å²) in [7, 11) is -4.14. The average Bonchev–Trinajstić information content (AvgIpc) is 2.91. The van der Waals surface area contributed by atoms with Crippen LogP contribution in [0.2, 0.25) is 0 Å². The number of nitrogens with zero attached hydrogens (tertiary/aromatic N) is 1. The minimum Gasteiger partial charge on any atom is -0.481 e. The fourth-order valence-corrected chi connectivity index (χ4v) is 4.68. The lowest BCUT2D eigenvalue weighted by Crippen LogP contribution is -2.35. The summed E-state index contributed by atoms with van der Waals surface area (Å²) in [5.74, 6) is -2.28. The third-order valence-corrected chi connectivity index (χ3v) is 6.49. The molecule has 0 spiro atoms. The Balaban J connectivity index is 1.97. The summed E-state index contributed by atoms with van der Waals surface area (Å²) in [6.45, 7) is 1.31. The molecule has 2 aliphatic rings. The van der Waals surface area contributed by atoms with Gasteiger partial charge >= 0.3 is 5.97 Å². The highest BCUT2D eigenvalue weighted by Gasteiger charge is 2.45. The van der Waals surface area contributed by atoms with E-state index in [0.717, 1.165) is 10.4 Å². The summed E-state index contributed by atoms with van der Waals surface area (Å²) >= 11 is 0. The number of carboxylic acids is 1. The van der Waals surface area contributed by atoms with Crippen LogP contribution < -0.4 is 5.32 Å². The molecule has 7 nitrogen and oxygen atoms in total. The first-order chi connectivity index (χ1) is 11.1. The zero-order valence-electron chi connectivity index (χ0n) is 13.0. The number of nitrogens with one attached hydrogen (secondary N) is 1. The van der Waals surface area contributed by atoms with E-state index in [2.05, 4.69) is 5.32 Å². The van der Waals surface area contributed by atoms with Crippen LogP contribution in [0.4, 0.5) is 10.1 Å². The van der Waals surface area contributed by atoms with Crippen molar-refractivity contribution in [3.05, 3.63) is 23.5 Å². The Morgan fingerprint density at radius 2 is 2.08 bits per heavy atom. The van der Waals surface area contributed by atoms with E-state index in [1.807, 2.05) is 0 Å². The van der Waals surface area contributed by atoms with Crippen LogP contribution in [0.1, 0.15) is 25.3 Å². The molecule has 1 aromatic carbocycles. The number of carbonyl (C=O) groups excluding carboxylic acids is 1. The van der Waals surface area contributed by atoms with Gasteiger partial charge < -0.3 is 10.4 Å². The van der Waals surface area contributed by atoms with Gasteiger partial charge in [-0.1, -0.05) is 0 Å². The molecule has 0 aromatic heterocycles. The molecule has 2 heterocycles. The molecular formula is C15H17FN2O5S. The normalized spacial score (nSPS) is 24.5. The van der Waals surface area contributed by atoms with Gasteiger partial charge in [-0.3, -0.25) is 9.59 Å². The standard InChI is InChI=1S/C15H17FN2O5S/c1-15(14(20)21)4-5-18(8-15)24(22,23)12-6-9-2-3-13(19)17-11(9)7-10(12)16/h6-7H,2-5,8H2,1H3,(H,17,19)(H,20,21). The monoisotopic (exact) mass is 356 g/mol. The van der Waals surface area contributed by atoms with E-state index in [-0.39, 0.29) is 37.5 Å². The number of halogens is 1. The predicted octanol–water partition coefficient (Wildman–Crippen LogP) is 1.20. The fraction of sp³-hybridized carbons (Fsp3) is 0.467. The number of carboxylic acid groups (broad SMARTS) is 1. The molecule has 1 atom stereocenters. The maximum absolute atomic E-state index is 14.3. The van der Waals surface area contributed by atoms with E-state index in [0.29, 0.717) is 12.0 Å². The highest BCUT2D eigenvalue weighted by atomic mass is 32.2. The fourth-order valence-electron chi connectivity index (χ4n) is 3.01. The lowest BCUT2D eigenvalue weighted by Gasteiger charge is -2.22. The molecule has 1 aromatic rings. The van der Waals surface area contributed by atoms with Crippen molar-refractivity contribution < 1.29 is 27.5 Å². The Bertz CT molecular complexity index is 839. The lowest BCUT2D eigenvalue weighted by atomic mass is 9.90. The number of hydrogen-bond donors (Lipinski definition) is 2. The van der Waals surface area contributed by atoms with Crippen LogP contribution in [0.25, 0.3) is 0 Å². The summed E-state index contributed by atoms with van der Waals surface area (Å²) in [6, 6.07) is 2.24. The molecule has 9 heteroatoms. The summed E-state index contributed by atoms with van der Waals surface area (Å²) in [6.07, 6.45) is 0.708. The van der Waals surface area contributed by atoms with Gasteiger partial charge in [0.2, 0.25) is 15.9 Å². The Morgan fingerprint density at radius 3 is 2.71 bits per heavy atom. The molecular weight excluding hydrogens is 339 g/mol. The number of amides is 1. The van der Waals surface area contributed by atoms with E-state index >= 15 is 0 Å². The van der Waals surface area contributed by atoms with Crippen molar-refractivity contribution in [2.75, 3.05) is 18.4 Å². The molecule has 1 fully saturated rings. The van der Waals surface area contributed by atoms with Crippen LogP contribution in [0.3, 0.4) is 0 Å². The van der Waals surface area contributed by atoms with Crippen LogP contribution in [-0.4, -0.2) is 42.8 Å². The number of carbonyl (C=O) groups is 2. The molecule has 0 saturated carbocycles. The van der Waals surface area contributed by atoms with Crippen LogP contribution >= 0.6 is 0 Å². The molecule has 130 valence electrons. The molecule has 24 heavy (non-hydrogen) atoms. The quantitative estimate of drug-likeness (QED) is 0.847. The van der Waals surface area contributed by atoms with Gasteiger partial charge in [0.15, 0.2) is 0 Å². The minimum atomic E-state index is -4.14. The highest BCUT2D eigenvalue weighted by molar-refractivity contribution is 7.89. The van der Waals surface area contributed by atoms with Crippen LogP contribution in [0.15, 0.2) is 17.0 Å². The number of rotatable bonds is 3. The SMILES string of the molecule is CC1(C(=O)O)CCN(S(=O)(=O)c2cc3c(cc2F)NC(=O)CC3)C1. The Kier molecular flexibility index (Phi) is 3.88. The second-order valence-electron chi connectivity index (χ2n) is 6.44. The maximum atomic E-state index is 14.3. The van der Waals surface area contributed by atoms with Crippen LogP contribution in [-0.2, 0) is 26.0 Å². The first kappa shape index (κ1) is 16.8. The Hall–Kier alpha value is -2.00. The molecule has 0 radical (unpaired) electrons. The molecule has 1 saturated heterocycles. The molecule has 1 amide bonds. The minimum absolute atomic E-state index is 0.0262. The first-order valence-electron chi connectivity index (χ1n) is 7.49. The zero-order chi connectivity index (χ0) is 17.7. The third-order valence-electron chi connectivity index (χ3n) is 4.63. The van der Waals surface area contributed by atoms with Gasteiger partial charge in [0.1, 0.15) is 10.7 Å². The predicted molar refractivity (Wildman–Crippen MR) is 82.5 cm³/mol. The second-order valence-corrected chi connectivity index (χ2v) is 8.35. The first-order valence-corrected chi connectivity index (χ1v) is 8.93. The number of aryl methyl sites for hydroxylation is 1. The van der Waals surface area contributed by atoms with E-state index < -0.39 is 32.1 Å². The molecule has 0 bridgehead atoms. The number of benzene rings is 1. The van der Waals surface area contributed by atoms with Crippen molar-refractivity contribution in [3.8, 4) is 0 Å². The van der Waals surface area contributed by atoms with Crippen LogP contribution in [0, 0.1) is 11.2 Å². The Morgan fingerprint density at radius 1 is 1.38 bits per heavy atom. The number of fused-ring (bicyclic) bond motifs is 1. The molecule has 3 rings (SSSR count). The summed E-state index contributed by atoms with van der Waals surface area (Å²) < 4.78 is 40.8. The third kappa shape index (κ3) is 2.67. The van der Waals surface area contributed by atoms with Crippen molar-refractivity contribution in [1.29, 1.82) is 0 Å². The van der Waals surface area contributed by atoms with Gasteiger partial charge in [-0.25, -0.2) is 12.8 Å². The molecule has 0 aliphatic carbocycles. The molecule has 2 N–H and O–H groups in total. The van der Waals surface area contributed by atoms with E-state index in [4.69, 9.17) is 0 Å². The molecule has 1 unspecified atom stereocenters. The topological polar surface area (TPSA) is 104 Å². The summed E-state index contributed by atoms with van der Waals surface area (Å²) in [5, 5.41) is 11.7. The van der Waals surface area contributed by atoms with Gasteiger partial charge in [0, 0.05) is 25.2 Å². The largest absolute Gasteiger partial charge is 0.481 e. The van der Waals surface area contributed by atoms with Crippen molar-refractivity contribution in [3.63, 3.8) is 0 Å². The molecule has 2 aliphatic heterocycles. The Labute approximate surface area is 138 Å². The summed E-state index contributed by atoms with van der Waals surface area (Å²) in [5.41, 5.74) is -0.347. The number of hydrogen-bond acceptors (Lipinski definition) is 4. The van der Waals surface area contributed by atoms with Crippen molar-refractivity contribution >= 4 is 27.6 Å². The van der Waals surface area contributed by atoms with Gasteiger partial charge in [0.05, 0.1) is 5.41 Å².